The van der Waals surface area contributed by atoms with Crippen molar-refractivity contribution in [1.29, 1.82) is 0 Å². The molecule has 8 nitrogen and oxygen atoms in total. The summed E-state index contributed by atoms with van der Waals surface area (Å²) in [5.41, 5.74) is 3.32. The maximum absolute atomic E-state index is 12.6. The van der Waals surface area contributed by atoms with Gasteiger partial charge in [-0.2, -0.15) is 0 Å². The summed E-state index contributed by atoms with van der Waals surface area (Å²) in [6.07, 6.45) is 7.56. The highest BCUT2D eigenvalue weighted by Gasteiger charge is 2.19. The second-order valence-corrected chi connectivity index (χ2v) is 7.08. The van der Waals surface area contributed by atoms with Crippen LogP contribution in [0.3, 0.4) is 0 Å². The second kappa shape index (κ2) is 9.02. The summed E-state index contributed by atoms with van der Waals surface area (Å²) < 4.78 is 5.06. The molecule has 1 aliphatic rings. The molecule has 0 saturated carbocycles. The Bertz CT molecular complexity index is 1000. The molecule has 3 aromatic heterocycles. The van der Waals surface area contributed by atoms with Crippen molar-refractivity contribution >= 4 is 0 Å². The Labute approximate surface area is 169 Å². The van der Waals surface area contributed by atoms with Crippen LogP contribution in [0.15, 0.2) is 41.6 Å². The molecule has 4 heterocycles. The molecule has 0 atom stereocenters. The molecule has 1 aliphatic heterocycles. The highest BCUT2D eigenvalue weighted by atomic mass is 16.5. The van der Waals surface area contributed by atoms with Gasteiger partial charge in [0.15, 0.2) is 5.82 Å². The average Bonchev–Trinajstić information content (AvgIpc) is 2.96. The predicted molar refractivity (Wildman–Crippen MR) is 108 cm³/mol. The zero-order valence-electron chi connectivity index (χ0n) is 16.5. The van der Waals surface area contributed by atoms with Crippen LogP contribution >= 0.6 is 0 Å². The molecule has 0 bridgehead atoms. The Hall–Kier alpha value is -2.97. The highest BCUT2D eigenvalue weighted by Crippen LogP contribution is 2.16. The van der Waals surface area contributed by atoms with Crippen molar-refractivity contribution in [1.82, 2.24) is 29.8 Å². The predicted octanol–water partition coefficient (Wildman–Crippen LogP) is 1.41. The molecule has 0 aromatic carbocycles. The van der Waals surface area contributed by atoms with E-state index in [-0.39, 0.29) is 5.56 Å². The number of rotatable bonds is 6. The monoisotopic (exact) mass is 392 g/mol. The fourth-order valence-corrected chi connectivity index (χ4v) is 3.48. The van der Waals surface area contributed by atoms with Gasteiger partial charge in [0, 0.05) is 69.3 Å². The van der Waals surface area contributed by atoms with Gasteiger partial charge >= 0.3 is 0 Å². The van der Waals surface area contributed by atoms with E-state index in [2.05, 4.69) is 24.8 Å². The Morgan fingerprint density at radius 1 is 1.14 bits per heavy atom. The molecule has 29 heavy (non-hydrogen) atoms. The summed E-state index contributed by atoms with van der Waals surface area (Å²) in [7, 11) is 1.67. The molecule has 150 valence electrons. The molecule has 0 spiro atoms. The van der Waals surface area contributed by atoms with Crippen LogP contribution < -0.4 is 5.56 Å². The first-order valence-corrected chi connectivity index (χ1v) is 9.77. The van der Waals surface area contributed by atoms with E-state index in [0.717, 1.165) is 48.7 Å². The van der Waals surface area contributed by atoms with Gasteiger partial charge in [0.05, 0.1) is 12.3 Å². The second-order valence-electron chi connectivity index (χ2n) is 7.08. The number of nitrogens with one attached hydrogen (secondary N) is 1. The van der Waals surface area contributed by atoms with E-state index in [1.54, 1.807) is 13.3 Å². The lowest BCUT2D eigenvalue weighted by atomic mass is 10.1. The van der Waals surface area contributed by atoms with Crippen molar-refractivity contribution < 1.29 is 4.74 Å². The van der Waals surface area contributed by atoms with Crippen molar-refractivity contribution in [3.05, 3.63) is 69.8 Å². The van der Waals surface area contributed by atoms with E-state index >= 15 is 0 Å². The van der Waals surface area contributed by atoms with Gasteiger partial charge < -0.3 is 9.72 Å². The molecule has 0 saturated heterocycles. The lowest BCUT2D eigenvalue weighted by molar-refractivity contribution is 0.200. The minimum Gasteiger partial charge on any atom is -0.384 e. The van der Waals surface area contributed by atoms with Crippen LogP contribution in [0.4, 0.5) is 0 Å². The first-order valence-electron chi connectivity index (χ1n) is 9.77. The Morgan fingerprint density at radius 3 is 2.72 bits per heavy atom. The van der Waals surface area contributed by atoms with Gasteiger partial charge in [0.1, 0.15) is 11.5 Å². The van der Waals surface area contributed by atoms with E-state index in [1.165, 1.54) is 0 Å². The first-order chi connectivity index (χ1) is 14.2. The highest BCUT2D eigenvalue weighted by molar-refractivity contribution is 5.49. The summed E-state index contributed by atoms with van der Waals surface area (Å²) in [4.78, 5) is 35.7. The van der Waals surface area contributed by atoms with Crippen LogP contribution in [0, 0.1) is 0 Å². The third-order valence-corrected chi connectivity index (χ3v) is 5.05. The number of aromatic nitrogens is 5. The van der Waals surface area contributed by atoms with Gasteiger partial charge in [-0.25, -0.2) is 15.0 Å². The smallest absolute Gasteiger partial charge is 0.254 e. The molecule has 0 amide bonds. The molecule has 8 heteroatoms. The van der Waals surface area contributed by atoms with E-state index in [4.69, 9.17) is 9.72 Å². The summed E-state index contributed by atoms with van der Waals surface area (Å²) in [6.45, 7) is 3.00. The number of aromatic amines is 1. The maximum atomic E-state index is 12.6. The van der Waals surface area contributed by atoms with Gasteiger partial charge in [0.2, 0.25) is 0 Å². The van der Waals surface area contributed by atoms with E-state index in [9.17, 15) is 4.79 Å². The van der Waals surface area contributed by atoms with Crippen LogP contribution in [-0.4, -0.2) is 56.6 Å². The fraction of sp³-hybridized carbons (Fsp3) is 0.381. The van der Waals surface area contributed by atoms with Crippen LogP contribution in [0.25, 0.3) is 11.5 Å². The number of fused-ring (bicyclic) bond motifs is 1. The van der Waals surface area contributed by atoms with E-state index in [1.807, 2.05) is 30.6 Å². The lowest BCUT2D eigenvalue weighted by Gasteiger charge is -2.19. The van der Waals surface area contributed by atoms with Crippen LogP contribution in [0.1, 0.15) is 22.6 Å². The summed E-state index contributed by atoms with van der Waals surface area (Å²) in [6, 6.07) is 5.58. The molecule has 0 fully saturated rings. The fourth-order valence-electron chi connectivity index (χ4n) is 3.48. The molecular formula is C21H24N6O2. The Morgan fingerprint density at radius 2 is 1.97 bits per heavy atom. The first kappa shape index (κ1) is 19.4. The summed E-state index contributed by atoms with van der Waals surface area (Å²) in [5, 5.41) is 0. The van der Waals surface area contributed by atoms with Crippen molar-refractivity contribution in [3.63, 3.8) is 0 Å². The number of pyridine rings is 1. The third kappa shape index (κ3) is 4.72. The van der Waals surface area contributed by atoms with Crippen molar-refractivity contribution in [2.24, 2.45) is 0 Å². The quantitative estimate of drug-likeness (QED) is 0.677. The summed E-state index contributed by atoms with van der Waals surface area (Å²) >= 11 is 0. The van der Waals surface area contributed by atoms with Gasteiger partial charge in [-0.05, 0) is 18.6 Å². The number of methoxy groups -OCH3 is 1. The molecule has 1 N–H and O–H groups in total. The Kier molecular flexibility index (Phi) is 6.02. The van der Waals surface area contributed by atoms with Crippen LogP contribution in [0.2, 0.25) is 0 Å². The number of hydrogen-bond acceptors (Lipinski definition) is 7. The zero-order valence-corrected chi connectivity index (χ0v) is 16.5. The van der Waals surface area contributed by atoms with E-state index < -0.39 is 0 Å². The van der Waals surface area contributed by atoms with Gasteiger partial charge in [-0.3, -0.25) is 14.7 Å². The number of hydrogen-bond donors (Lipinski definition) is 1. The van der Waals surface area contributed by atoms with Crippen molar-refractivity contribution in [2.75, 3.05) is 26.8 Å². The number of ether oxygens (including phenoxy) is 1. The Balaban J connectivity index is 1.45. The van der Waals surface area contributed by atoms with Gasteiger partial charge in [-0.1, -0.05) is 6.07 Å². The molecule has 4 rings (SSSR count). The number of H-pyrrole nitrogens is 1. The molecule has 0 unspecified atom stereocenters. The van der Waals surface area contributed by atoms with Crippen molar-refractivity contribution in [2.45, 2.75) is 25.8 Å². The molecule has 0 aliphatic carbocycles. The molecule has 3 aromatic rings. The van der Waals surface area contributed by atoms with Crippen LogP contribution in [0.5, 0.6) is 0 Å². The van der Waals surface area contributed by atoms with Gasteiger partial charge in [0.25, 0.3) is 5.56 Å². The maximum Gasteiger partial charge on any atom is 0.254 e. The standard InChI is InChI=1S/C21H24N6O2/c1-29-11-7-19-23-12-15(13-24-19)14-27-9-5-16-17(6-10-27)25-20(26-21(16)28)18-4-2-3-8-22-18/h2-4,8,12-13H,5-7,9-11,14H2,1H3,(H,25,26,28). The number of nitrogens with zero attached hydrogens (tertiary/aromatic N) is 5. The normalized spacial score (nSPS) is 14.4. The van der Waals surface area contributed by atoms with E-state index in [0.29, 0.717) is 31.0 Å². The third-order valence-electron chi connectivity index (χ3n) is 5.05. The SMILES string of the molecule is COCCc1ncc(CN2CCc3nc(-c4ccccn4)[nH]c(=O)c3CC2)cn1. The molecule has 0 radical (unpaired) electrons. The van der Waals surface area contributed by atoms with Crippen molar-refractivity contribution in [3.8, 4) is 11.5 Å². The summed E-state index contributed by atoms with van der Waals surface area (Å²) in [5.74, 6) is 1.32. The minimum absolute atomic E-state index is 0.0664. The average molecular weight is 392 g/mol. The van der Waals surface area contributed by atoms with Gasteiger partial charge in [-0.15, -0.1) is 0 Å². The zero-order chi connectivity index (χ0) is 20.1. The topological polar surface area (TPSA) is 96.9 Å². The molecular weight excluding hydrogens is 368 g/mol. The largest absolute Gasteiger partial charge is 0.384 e. The minimum atomic E-state index is -0.0664. The van der Waals surface area contributed by atoms with Crippen LogP contribution in [-0.2, 0) is 30.5 Å². The lowest BCUT2D eigenvalue weighted by Crippen LogP contribution is -2.26.